The standard InChI is InChI=1S/C16H13ClN2O6/c1-8(20)24-16(15-18-11(22-2)7-12(19-15)23-3)9-5-4-6-10(17)13(9)14(21)25-16/h4-7H,1-3H3. The van der Waals surface area contributed by atoms with Crippen LogP contribution in [0, 0.1) is 0 Å². The highest BCUT2D eigenvalue weighted by Gasteiger charge is 2.54. The predicted octanol–water partition coefficient (Wildman–Crippen LogP) is 2.08. The first kappa shape index (κ1) is 17.0. The first-order valence-corrected chi connectivity index (χ1v) is 7.48. The van der Waals surface area contributed by atoms with Gasteiger partial charge >= 0.3 is 17.7 Å². The van der Waals surface area contributed by atoms with Crippen molar-refractivity contribution in [1.29, 1.82) is 0 Å². The lowest BCUT2D eigenvalue weighted by Crippen LogP contribution is -2.35. The van der Waals surface area contributed by atoms with E-state index in [2.05, 4.69) is 9.97 Å². The van der Waals surface area contributed by atoms with Crippen LogP contribution in [0.3, 0.4) is 0 Å². The second-order valence-electron chi connectivity index (χ2n) is 5.04. The van der Waals surface area contributed by atoms with Gasteiger partial charge in [0.15, 0.2) is 0 Å². The number of nitrogens with zero attached hydrogens (tertiary/aromatic N) is 2. The summed E-state index contributed by atoms with van der Waals surface area (Å²) in [5.41, 5.74) is 0.298. The molecular weight excluding hydrogens is 352 g/mol. The summed E-state index contributed by atoms with van der Waals surface area (Å²) < 4.78 is 21.0. The third kappa shape index (κ3) is 2.74. The summed E-state index contributed by atoms with van der Waals surface area (Å²) in [5, 5.41) is 0.159. The monoisotopic (exact) mass is 364 g/mol. The lowest BCUT2D eigenvalue weighted by Gasteiger charge is -2.26. The van der Waals surface area contributed by atoms with Crippen LogP contribution in [0.25, 0.3) is 0 Å². The van der Waals surface area contributed by atoms with Crippen molar-refractivity contribution < 1.29 is 28.5 Å². The fraction of sp³-hybridized carbons (Fsp3) is 0.250. The van der Waals surface area contributed by atoms with E-state index < -0.39 is 17.7 Å². The van der Waals surface area contributed by atoms with Gasteiger partial charge in [0.05, 0.1) is 36.4 Å². The summed E-state index contributed by atoms with van der Waals surface area (Å²) in [6.07, 6.45) is 0. The van der Waals surface area contributed by atoms with Crippen LogP contribution in [0.4, 0.5) is 0 Å². The van der Waals surface area contributed by atoms with Crippen molar-refractivity contribution in [1.82, 2.24) is 9.97 Å². The van der Waals surface area contributed by atoms with Crippen molar-refractivity contribution in [3.8, 4) is 11.8 Å². The highest BCUT2D eigenvalue weighted by atomic mass is 35.5. The Labute approximate surface area is 147 Å². The van der Waals surface area contributed by atoms with E-state index in [0.29, 0.717) is 0 Å². The highest BCUT2D eigenvalue weighted by Crippen LogP contribution is 2.44. The zero-order chi connectivity index (χ0) is 18.2. The van der Waals surface area contributed by atoms with E-state index >= 15 is 0 Å². The van der Waals surface area contributed by atoms with Gasteiger partial charge in [0, 0.05) is 6.92 Å². The average Bonchev–Trinajstić information content (AvgIpc) is 2.88. The minimum absolute atomic E-state index is 0.0794. The molecule has 1 aliphatic heterocycles. The molecule has 2 heterocycles. The predicted molar refractivity (Wildman–Crippen MR) is 84.5 cm³/mol. The molecule has 9 heteroatoms. The van der Waals surface area contributed by atoms with Crippen LogP contribution >= 0.6 is 11.6 Å². The van der Waals surface area contributed by atoms with Gasteiger partial charge in [-0.25, -0.2) is 4.79 Å². The van der Waals surface area contributed by atoms with Crippen molar-refractivity contribution in [3.05, 3.63) is 46.2 Å². The molecule has 0 amide bonds. The number of esters is 2. The third-order valence-electron chi connectivity index (χ3n) is 3.49. The van der Waals surface area contributed by atoms with Gasteiger partial charge in [0.1, 0.15) is 0 Å². The molecule has 3 rings (SSSR count). The Morgan fingerprint density at radius 3 is 2.40 bits per heavy atom. The highest BCUT2D eigenvalue weighted by molar-refractivity contribution is 6.34. The quantitative estimate of drug-likeness (QED) is 0.761. The molecule has 0 bridgehead atoms. The van der Waals surface area contributed by atoms with Gasteiger partial charge < -0.3 is 18.9 Å². The summed E-state index contributed by atoms with van der Waals surface area (Å²) >= 11 is 6.10. The molecule has 130 valence electrons. The number of cyclic esters (lactones) is 1. The van der Waals surface area contributed by atoms with Gasteiger partial charge in [-0.2, -0.15) is 9.97 Å². The topological polar surface area (TPSA) is 96.8 Å². The largest absolute Gasteiger partial charge is 0.481 e. The number of fused-ring (bicyclic) bond motifs is 1. The fourth-order valence-corrected chi connectivity index (χ4v) is 2.74. The smallest absolute Gasteiger partial charge is 0.346 e. The summed E-state index contributed by atoms with van der Waals surface area (Å²) in [6, 6.07) is 6.10. The SMILES string of the molecule is COc1cc(OC)nc(C2(OC(C)=O)OC(=O)c3c(Cl)cccc32)n1. The minimum atomic E-state index is -1.98. The Balaban J connectivity index is 2.30. The molecule has 1 aromatic heterocycles. The number of aromatic nitrogens is 2. The number of halogens is 1. The average molecular weight is 365 g/mol. The summed E-state index contributed by atoms with van der Waals surface area (Å²) in [4.78, 5) is 32.4. The van der Waals surface area contributed by atoms with E-state index in [0.717, 1.165) is 0 Å². The van der Waals surface area contributed by atoms with Crippen molar-refractivity contribution in [3.63, 3.8) is 0 Å². The summed E-state index contributed by atoms with van der Waals surface area (Å²) in [5.74, 6) is -3.29. The molecular formula is C16H13ClN2O6. The molecule has 0 spiro atoms. The zero-order valence-corrected chi connectivity index (χ0v) is 14.3. The Morgan fingerprint density at radius 1 is 1.20 bits per heavy atom. The lowest BCUT2D eigenvalue weighted by atomic mass is 10.0. The maximum absolute atomic E-state index is 12.3. The van der Waals surface area contributed by atoms with E-state index in [1.54, 1.807) is 12.1 Å². The van der Waals surface area contributed by atoms with Crippen molar-refractivity contribution >= 4 is 23.5 Å². The number of rotatable bonds is 4. The van der Waals surface area contributed by atoms with E-state index in [-0.39, 0.29) is 33.7 Å². The molecule has 0 saturated carbocycles. The van der Waals surface area contributed by atoms with Crippen molar-refractivity contribution in [2.75, 3.05) is 14.2 Å². The van der Waals surface area contributed by atoms with Crippen molar-refractivity contribution in [2.24, 2.45) is 0 Å². The Hall–Kier alpha value is -2.87. The zero-order valence-electron chi connectivity index (χ0n) is 13.5. The Morgan fingerprint density at radius 2 is 1.84 bits per heavy atom. The number of hydrogen-bond acceptors (Lipinski definition) is 8. The van der Waals surface area contributed by atoms with Gasteiger partial charge in [-0.15, -0.1) is 0 Å². The Bertz CT molecular complexity index is 849. The van der Waals surface area contributed by atoms with Gasteiger partial charge in [-0.3, -0.25) is 4.79 Å². The first-order chi connectivity index (χ1) is 11.9. The number of methoxy groups -OCH3 is 2. The van der Waals surface area contributed by atoms with Crippen LogP contribution in [0.1, 0.15) is 28.7 Å². The van der Waals surface area contributed by atoms with E-state index in [1.165, 1.54) is 33.3 Å². The molecule has 1 aromatic carbocycles. The normalized spacial score (nSPS) is 18.3. The molecule has 0 saturated heterocycles. The van der Waals surface area contributed by atoms with Crippen molar-refractivity contribution in [2.45, 2.75) is 12.7 Å². The number of ether oxygens (including phenoxy) is 4. The van der Waals surface area contributed by atoms with Gasteiger partial charge in [-0.1, -0.05) is 17.7 Å². The van der Waals surface area contributed by atoms with E-state index in [1.807, 2.05) is 0 Å². The van der Waals surface area contributed by atoms with E-state index in [4.69, 9.17) is 30.5 Å². The third-order valence-corrected chi connectivity index (χ3v) is 3.80. The number of carbonyl (C=O) groups excluding carboxylic acids is 2. The molecule has 0 aliphatic carbocycles. The van der Waals surface area contributed by atoms with E-state index in [9.17, 15) is 9.59 Å². The molecule has 8 nitrogen and oxygen atoms in total. The van der Waals surface area contributed by atoms with Crippen LogP contribution in [-0.4, -0.2) is 36.1 Å². The Kier molecular flexibility index (Phi) is 4.22. The molecule has 1 aliphatic rings. The summed E-state index contributed by atoms with van der Waals surface area (Å²) in [7, 11) is 2.80. The van der Waals surface area contributed by atoms with Gasteiger partial charge in [0.25, 0.3) is 0 Å². The second kappa shape index (κ2) is 6.21. The van der Waals surface area contributed by atoms with Crippen LogP contribution in [-0.2, 0) is 20.1 Å². The van der Waals surface area contributed by atoms with Crippen LogP contribution in [0.5, 0.6) is 11.8 Å². The molecule has 2 aromatic rings. The lowest BCUT2D eigenvalue weighted by molar-refractivity contribution is -0.194. The molecule has 1 unspecified atom stereocenters. The second-order valence-corrected chi connectivity index (χ2v) is 5.45. The van der Waals surface area contributed by atoms with Gasteiger partial charge in [0.2, 0.25) is 17.6 Å². The van der Waals surface area contributed by atoms with Gasteiger partial charge in [-0.05, 0) is 12.1 Å². The minimum Gasteiger partial charge on any atom is -0.481 e. The molecule has 1 atom stereocenters. The molecule has 0 fully saturated rings. The maximum atomic E-state index is 12.3. The fourth-order valence-electron chi connectivity index (χ4n) is 2.49. The first-order valence-electron chi connectivity index (χ1n) is 7.10. The molecule has 0 radical (unpaired) electrons. The summed E-state index contributed by atoms with van der Waals surface area (Å²) in [6.45, 7) is 1.18. The number of hydrogen-bond donors (Lipinski definition) is 0. The van der Waals surface area contributed by atoms with Crippen LogP contribution in [0.15, 0.2) is 24.3 Å². The van der Waals surface area contributed by atoms with Crippen LogP contribution in [0.2, 0.25) is 5.02 Å². The number of carbonyl (C=O) groups is 2. The van der Waals surface area contributed by atoms with Crippen LogP contribution < -0.4 is 9.47 Å². The maximum Gasteiger partial charge on any atom is 0.346 e. The number of benzene rings is 1. The molecule has 25 heavy (non-hydrogen) atoms. The molecule has 0 N–H and O–H groups in total.